The molecule has 270 valence electrons. The molecule has 8 aromatic rings. The zero-order valence-electron chi connectivity index (χ0n) is 33.1. The van der Waals surface area contributed by atoms with E-state index in [4.69, 9.17) is 14.8 Å². The monoisotopic (exact) mass is 708 g/mol. The summed E-state index contributed by atoms with van der Waals surface area (Å²) in [6.07, 6.45) is 1.94. The zero-order valence-corrected chi connectivity index (χ0v) is 33.1. The third kappa shape index (κ3) is 5.89. The first-order valence-electron chi connectivity index (χ1n) is 18.8. The van der Waals surface area contributed by atoms with Gasteiger partial charge in [0.2, 0.25) is 0 Å². The van der Waals surface area contributed by atoms with E-state index in [9.17, 15) is 0 Å². The molecule has 0 amide bonds. The van der Waals surface area contributed by atoms with Crippen molar-refractivity contribution in [3.8, 4) is 45.3 Å². The zero-order chi connectivity index (χ0) is 38.1. The van der Waals surface area contributed by atoms with E-state index in [1.807, 2.05) is 23.0 Å². The van der Waals surface area contributed by atoms with Crippen molar-refractivity contribution in [2.24, 2.45) is 0 Å². The smallest absolute Gasteiger partial charge is 0.138 e. The van der Waals surface area contributed by atoms with Gasteiger partial charge in [-0.15, -0.1) is 0 Å². The topological polar surface area (TPSA) is 44.9 Å². The van der Waals surface area contributed by atoms with Crippen LogP contribution in [0.2, 0.25) is 0 Å². The van der Waals surface area contributed by atoms with E-state index in [1.54, 1.807) is 0 Å². The molecule has 54 heavy (non-hydrogen) atoms. The minimum absolute atomic E-state index is 0.106. The summed E-state index contributed by atoms with van der Waals surface area (Å²) in [7, 11) is 0. The Kier molecular flexibility index (Phi) is 8.56. The summed E-state index contributed by atoms with van der Waals surface area (Å²) < 4.78 is 10.9. The summed E-state index contributed by atoms with van der Waals surface area (Å²) in [6, 6.07) is 36.4. The predicted molar refractivity (Wildman–Crippen MR) is 225 cm³/mol. The van der Waals surface area contributed by atoms with Gasteiger partial charge < -0.3 is 4.74 Å². The fraction of sp³-hybridized carbons (Fsp3) is 0.224. The van der Waals surface area contributed by atoms with Crippen LogP contribution in [0.15, 0.2) is 109 Å². The molecule has 5 nitrogen and oxygen atoms in total. The Balaban J connectivity index is 1.17. The predicted octanol–water partition coefficient (Wildman–Crippen LogP) is 12.9. The Morgan fingerprint density at radius 2 is 1.22 bits per heavy atom. The van der Waals surface area contributed by atoms with Gasteiger partial charge in [0.1, 0.15) is 17.3 Å². The van der Waals surface area contributed by atoms with Crippen LogP contribution in [-0.2, 0) is 5.41 Å². The quantitative estimate of drug-likeness (QED) is 0.173. The van der Waals surface area contributed by atoms with E-state index in [1.165, 1.54) is 55.5 Å². The van der Waals surface area contributed by atoms with Gasteiger partial charge in [0.05, 0.1) is 22.4 Å². The molecule has 0 unspecified atom stereocenters. The van der Waals surface area contributed by atoms with Gasteiger partial charge in [0.15, 0.2) is 0 Å². The molecule has 0 fully saturated rings. The third-order valence-corrected chi connectivity index (χ3v) is 11.5. The van der Waals surface area contributed by atoms with Crippen molar-refractivity contribution in [2.45, 2.75) is 74.7 Å². The molecule has 0 spiro atoms. The molecule has 0 saturated carbocycles. The van der Waals surface area contributed by atoms with Crippen LogP contribution >= 0.6 is 0 Å². The Morgan fingerprint density at radius 3 is 1.94 bits per heavy atom. The molecule has 5 heteroatoms. The number of aromatic nitrogens is 4. The molecule has 0 aliphatic heterocycles. The SMILES string of the molecule is Cc1nn(-c2cccc(Oc3ccc4c5ccccc5n(-c5cc(-c6c(C)c(C)c(C)c(C)c6C)ccn5)c4c3)c2)c(C)c1-c1ccc(C(C)(C)C)cc1. The number of rotatable bonds is 6. The highest BCUT2D eigenvalue weighted by Gasteiger charge is 2.20. The number of ether oxygens (including phenoxy) is 1. The molecule has 0 aliphatic carbocycles. The number of fused-ring (bicyclic) bond motifs is 3. The Morgan fingerprint density at radius 1 is 0.556 bits per heavy atom. The van der Waals surface area contributed by atoms with Gasteiger partial charge in [-0.05, 0) is 146 Å². The Labute approximate surface area is 318 Å². The van der Waals surface area contributed by atoms with E-state index in [0.29, 0.717) is 0 Å². The fourth-order valence-corrected chi connectivity index (χ4v) is 8.15. The number of hydrogen-bond donors (Lipinski definition) is 0. The number of pyridine rings is 1. The summed E-state index contributed by atoms with van der Waals surface area (Å²) >= 11 is 0. The maximum atomic E-state index is 6.63. The molecule has 0 N–H and O–H groups in total. The average molecular weight is 709 g/mol. The van der Waals surface area contributed by atoms with Crippen molar-refractivity contribution >= 4 is 21.8 Å². The van der Waals surface area contributed by atoms with Crippen LogP contribution in [0.1, 0.15) is 65.5 Å². The second kappa shape index (κ2) is 13.2. The Bertz CT molecular complexity index is 2710. The average Bonchev–Trinajstić information content (AvgIpc) is 3.65. The van der Waals surface area contributed by atoms with E-state index in [2.05, 4.69) is 165 Å². The molecule has 0 bridgehead atoms. The fourth-order valence-electron chi connectivity index (χ4n) is 8.15. The van der Waals surface area contributed by atoms with Crippen LogP contribution in [-0.4, -0.2) is 19.3 Å². The number of para-hydroxylation sites is 1. The lowest BCUT2D eigenvalue weighted by Crippen LogP contribution is -2.10. The minimum atomic E-state index is 0.106. The number of aryl methyl sites for hydroxylation is 1. The normalized spacial score (nSPS) is 11.9. The first-order valence-corrected chi connectivity index (χ1v) is 18.8. The van der Waals surface area contributed by atoms with Gasteiger partial charge in [-0.2, -0.15) is 5.10 Å². The molecular formula is C49H48N4O. The third-order valence-electron chi connectivity index (χ3n) is 11.5. The van der Waals surface area contributed by atoms with Crippen LogP contribution in [0.5, 0.6) is 11.5 Å². The lowest BCUT2D eigenvalue weighted by atomic mass is 9.86. The first-order chi connectivity index (χ1) is 25.8. The van der Waals surface area contributed by atoms with E-state index < -0.39 is 0 Å². The molecule has 3 heterocycles. The van der Waals surface area contributed by atoms with Gasteiger partial charge in [0.25, 0.3) is 0 Å². The van der Waals surface area contributed by atoms with Crippen molar-refractivity contribution in [1.82, 2.24) is 19.3 Å². The second-order valence-electron chi connectivity index (χ2n) is 15.8. The summed E-state index contributed by atoms with van der Waals surface area (Å²) in [5.74, 6) is 2.37. The van der Waals surface area contributed by atoms with Gasteiger partial charge in [-0.3, -0.25) is 4.57 Å². The van der Waals surface area contributed by atoms with E-state index >= 15 is 0 Å². The van der Waals surface area contributed by atoms with Crippen molar-refractivity contribution in [3.63, 3.8) is 0 Å². The van der Waals surface area contributed by atoms with Crippen molar-refractivity contribution in [2.75, 3.05) is 0 Å². The van der Waals surface area contributed by atoms with Crippen LogP contribution in [0.25, 0.3) is 55.6 Å². The largest absolute Gasteiger partial charge is 0.457 e. The highest BCUT2D eigenvalue weighted by molar-refractivity contribution is 6.09. The Hall–Kier alpha value is -5.94. The molecule has 0 saturated heterocycles. The molecular weight excluding hydrogens is 661 g/mol. The lowest BCUT2D eigenvalue weighted by Gasteiger charge is -2.19. The highest BCUT2D eigenvalue weighted by atomic mass is 16.5. The summed E-state index contributed by atoms with van der Waals surface area (Å²) in [4.78, 5) is 4.95. The molecule has 0 aliphatic rings. The second-order valence-corrected chi connectivity index (χ2v) is 15.8. The van der Waals surface area contributed by atoms with Crippen molar-refractivity contribution in [3.05, 3.63) is 154 Å². The lowest BCUT2D eigenvalue weighted by molar-refractivity contribution is 0.482. The number of hydrogen-bond acceptors (Lipinski definition) is 3. The molecule has 0 atom stereocenters. The van der Waals surface area contributed by atoms with Gasteiger partial charge in [-0.25, -0.2) is 9.67 Å². The minimum Gasteiger partial charge on any atom is -0.457 e. The summed E-state index contributed by atoms with van der Waals surface area (Å²) in [5, 5.41) is 7.32. The van der Waals surface area contributed by atoms with Gasteiger partial charge in [-0.1, -0.05) is 69.3 Å². The van der Waals surface area contributed by atoms with Crippen molar-refractivity contribution in [1.29, 1.82) is 0 Å². The van der Waals surface area contributed by atoms with E-state index in [-0.39, 0.29) is 5.41 Å². The van der Waals surface area contributed by atoms with Crippen LogP contribution in [0.3, 0.4) is 0 Å². The molecule has 0 radical (unpaired) electrons. The van der Waals surface area contributed by atoms with Crippen LogP contribution in [0, 0.1) is 48.5 Å². The van der Waals surface area contributed by atoms with Crippen molar-refractivity contribution < 1.29 is 4.74 Å². The van der Waals surface area contributed by atoms with Crippen LogP contribution in [0.4, 0.5) is 0 Å². The first kappa shape index (κ1) is 35.1. The number of benzene rings is 5. The van der Waals surface area contributed by atoms with Gasteiger partial charge in [0, 0.05) is 40.4 Å². The molecule has 8 rings (SSSR count). The standard InChI is InChI=1S/C49H48N4O/c1-29-30(2)32(4)47(33(5)31(29)3)37-24-25-50-46(26-37)52-44-17-12-11-16-42(44)43-23-22-41(28-45(43)52)54-40-15-13-14-39(27-40)53-35(7)48(34(6)51-53)36-18-20-38(21-19-36)49(8,9)10/h11-28H,1-10H3. The molecule has 3 aromatic heterocycles. The maximum Gasteiger partial charge on any atom is 0.138 e. The van der Waals surface area contributed by atoms with Gasteiger partial charge >= 0.3 is 0 Å². The highest BCUT2D eigenvalue weighted by Crippen LogP contribution is 2.39. The molecule has 5 aromatic carbocycles. The summed E-state index contributed by atoms with van der Waals surface area (Å²) in [6.45, 7) is 22.1. The van der Waals surface area contributed by atoms with E-state index in [0.717, 1.165) is 56.4 Å². The van der Waals surface area contributed by atoms with Crippen LogP contribution < -0.4 is 4.74 Å². The number of nitrogens with zero attached hydrogens (tertiary/aromatic N) is 4. The maximum absolute atomic E-state index is 6.63. The summed E-state index contributed by atoms with van der Waals surface area (Å²) in [5.41, 5.74) is 18.1.